The Bertz CT molecular complexity index is 200. The molecule has 2 atom stereocenters. The first kappa shape index (κ1) is 12.5. The zero-order valence-electron chi connectivity index (χ0n) is 10.3. The fourth-order valence-corrected chi connectivity index (χ4v) is 2.00. The number of likely N-dealkylation sites (N-methyl/N-ethyl adjacent to an activating group) is 1. The van der Waals surface area contributed by atoms with E-state index in [2.05, 4.69) is 26.1 Å². The molecule has 1 heterocycles. The van der Waals surface area contributed by atoms with Gasteiger partial charge in [0.1, 0.15) is 0 Å². The van der Waals surface area contributed by atoms with Crippen LogP contribution in [0.1, 0.15) is 40.0 Å². The van der Waals surface area contributed by atoms with Crippen LogP contribution >= 0.6 is 0 Å². The highest BCUT2D eigenvalue weighted by atomic mass is 16.2. The molecule has 0 aliphatic carbocycles. The molecule has 0 radical (unpaired) electrons. The summed E-state index contributed by atoms with van der Waals surface area (Å²) in [6.07, 6.45) is 3.29. The molecule has 1 aliphatic rings. The van der Waals surface area contributed by atoms with Gasteiger partial charge < -0.3 is 10.2 Å². The largest absolute Gasteiger partial charge is 0.341 e. The predicted molar refractivity (Wildman–Crippen MR) is 62.7 cm³/mol. The fraction of sp³-hybridized carbons (Fsp3) is 0.917. The predicted octanol–water partition coefficient (Wildman–Crippen LogP) is 1.63. The van der Waals surface area contributed by atoms with Gasteiger partial charge in [-0.15, -0.1) is 0 Å². The summed E-state index contributed by atoms with van der Waals surface area (Å²) in [5.74, 6) is 0.908. The molecule has 1 fully saturated rings. The van der Waals surface area contributed by atoms with E-state index < -0.39 is 0 Å². The summed E-state index contributed by atoms with van der Waals surface area (Å²) in [6.45, 7) is 9.19. The second kappa shape index (κ2) is 6.11. The lowest BCUT2D eigenvalue weighted by Gasteiger charge is -2.26. The maximum atomic E-state index is 12.1. The van der Waals surface area contributed by atoms with Crippen LogP contribution in [0.3, 0.4) is 0 Å². The van der Waals surface area contributed by atoms with E-state index in [-0.39, 0.29) is 6.04 Å². The zero-order chi connectivity index (χ0) is 11.3. The second-order valence-electron chi connectivity index (χ2n) is 4.54. The molecule has 0 aromatic heterocycles. The van der Waals surface area contributed by atoms with Crippen LogP contribution in [-0.4, -0.2) is 36.5 Å². The van der Waals surface area contributed by atoms with Crippen LogP contribution in [0, 0.1) is 5.92 Å². The molecule has 0 aromatic carbocycles. The highest BCUT2D eigenvalue weighted by Gasteiger charge is 2.26. The van der Waals surface area contributed by atoms with Crippen molar-refractivity contribution in [2.24, 2.45) is 5.92 Å². The minimum atomic E-state index is 0.0917. The van der Waals surface area contributed by atoms with E-state index in [0.717, 1.165) is 38.9 Å². The van der Waals surface area contributed by atoms with Gasteiger partial charge in [0, 0.05) is 13.1 Å². The fourth-order valence-electron chi connectivity index (χ4n) is 2.00. The standard InChI is InChI=1S/C12H24N2O/c1-4-10(3)9-14(5-2)12(15)11-7-6-8-13-11/h10-11,13H,4-9H2,1-3H3/t10?,11-/m0/s1. The summed E-state index contributed by atoms with van der Waals surface area (Å²) in [6, 6.07) is 0.0917. The van der Waals surface area contributed by atoms with E-state index in [1.54, 1.807) is 0 Å². The van der Waals surface area contributed by atoms with Crippen LogP contribution in [0.2, 0.25) is 0 Å². The van der Waals surface area contributed by atoms with Crippen molar-refractivity contribution in [1.82, 2.24) is 10.2 Å². The number of hydrogen-bond acceptors (Lipinski definition) is 2. The van der Waals surface area contributed by atoms with E-state index in [1.807, 2.05) is 4.90 Å². The van der Waals surface area contributed by atoms with Crippen molar-refractivity contribution in [3.63, 3.8) is 0 Å². The molecule has 88 valence electrons. The minimum Gasteiger partial charge on any atom is -0.341 e. The summed E-state index contributed by atoms with van der Waals surface area (Å²) in [4.78, 5) is 14.1. The number of nitrogens with zero attached hydrogens (tertiary/aromatic N) is 1. The third kappa shape index (κ3) is 3.49. The van der Waals surface area contributed by atoms with Crippen molar-refractivity contribution in [1.29, 1.82) is 0 Å². The van der Waals surface area contributed by atoms with E-state index in [0.29, 0.717) is 11.8 Å². The van der Waals surface area contributed by atoms with Crippen LogP contribution in [0.5, 0.6) is 0 Å². The number of rotatable bonds is 5. The van der Waals surface area contributed by atoms with E-state index in [9.17, 15) is 4.79 Å². The molecule has 1 rings (SSSR count). The Labute approximate surface area is 93.2 Å². The Kier molecular flexibility index (Phi) is 5.09. The number of carbonyl (C=O) groups is 1. The molecule has 3 nitrogen and oxygen atoms in total. The van der Waals surface area contributed by atoms with Gasteiger partial charge >= 0.3 is 0 Å². The first-order valence-electron chi connectivity index (χ1n) is 6.21. The van der Waals surface area contributed by atoms with Crippen molar-refractivity contribution in [2.75, 3.05) is 19.6 Å². The third-order valence-corrected chi connectivity index (χ3v) is 3.28. The van der Waals surface area contributed by atoms with Gasteiger partial charge in [-0.25, -0.2) is 0 Å². The van der Waals surface area contributed by atoms with Gasteiger partial charge in [-0.05, 0) is 32.2 Å². The zero-order valence-corrected chi connectivity index (χ0v) is 10.3. The highest BCUT2D eigenvalue weighted by molar-refractivity contribution is 5.82. The van der Waals surface area contributed by atoms with Gasteiger partial charge in [-0.1, -0.05) is 20.3 Å². The maximum absolute atomic E-state index is 12.1. The lowest BCUT2D eigenvalue weighted by atomic mass is 10.1. The van der Waals surface area contributed by atoms with Crippen molar-refractivity contribution < 1.29 is 4.79 Å². The van der Waals surface area contributed by atoms with Gasteiger partial charge in [0.15, 0.2) is 0 Å². The van der Waals surface area contributed by atoms with Crippen LogP contribution in [0.25, 0.3) is 0 Å². The van der Waals surface area contributed by atoms with Crippen LogP contribution in [0.15, 0.2) is 0 Å². The summed E-state index contributed by atoms with van der Waals surface area (Å²) in [5.41, 5.74) is 0. The van der Waals surface area contributed by atoms with Gasteiger partial charge in [0.2, 0.25) is 5.91 Å². The van der Waals surface area contributed by atoms with E-state index in [4.69, 9.17) is 0 Å². The number of amides is 1. The molecule has 15 heavy (non-hydrogen) atoms. The molecule has 1 unspecified atom stereocenters. The smallest absolute Gasteiger partial charge is 0.239 e. The first-order chi connectivity index (χ1) is 7.19. The lowest BCUT2D eigenvalue weighted by molar-refractivity contribution is -0.133. The number of carbonyl (C=O) groups excluding carboxylic acids is 1. The summed E-state index contributed by atoms with van der Waals surface area (Å²) < 4.78 is 0. The number of hydrogen-bond donors (Lipinski definition) is 1. The van der Waals surface area contributed by atoms with Crippen molar-refractivity contribution in [2.45, 2.75) is 46.1 Å². The molecular weight excluding hydrogens is 188 g/mol. The number of nitrogens with one attached hydrogen (secondary N) is 1. The van der Waals surface area contributed by atoms with Gasteiger partial charge in [-0.3, -0.25) is 4.79 Å². The molecule has 0 saturated carbocycles. The maximum Gasteiger partial charge on any atom is 0.239 e. The summed E-state index contributed by atoms with van der Waals surface area (Å²) in [5, 5.41) is 3.27. The molecular formula is C12H24N2O. The van der Waals surface area contributed by atoms with Crippen LogP contribution in [-0.2, 0) is 4.79 Å². The molecule has 0 bridgehead atoms. The van der Waals surface area contributed by atoms with Crippen molar-refractivity contribution in [3.8, 4) is 0 Å². The Morgan fingerprint density at radius 1 is 1.53 bits per heavy atom. The molecule has 0 aromatic rings. The van der Waals surface area contributed by atoms with Crippen LogP contribution < -0.4 is 5.32 Å². The highest BCUT2D eigenvalue weighted by Crippen LogP contribution is 2.11. The summed E-state index contributed by atoms with van der Waals surface area (Å²) >= 11 is 0. The molecule has 1 saturated heterocycles. The monoisotopic (exact) mass is 212 g/mol. The lowest BCUT2D eigenvalue weighted by Crippen LogP contribution is -2.45. The Morgan fingerprint density at radius 3 is 2.73 bits per heavy atom. The van der Waals surface area contributed by atoms with Crippen molar-refractivity contribution >= 4 is 5.91 Å². The Morgan fingerprint density at radius 2 is 2.27 bits per heavy atom. The molecule has 1 aliphatic heterocycles. The third-order valence-electron chi connectivity index (χ3n) is 3.28. The van der Waals surface area contributed by atoms with Crippen LogP contribution in [0.4, 0.5) is 0 Å². The first-order valence-corrected chi connectivity index (χ1v) is 6.21. The van der Waals surface area contributed by atoms with E-state index >= 15 is 0 Å². The molecule has 1 amide bonds. The van der Waals surface area contributed by atoms with Gasteiger partial charge in [0.25, 0.3) is 0 Å². The molecule has 0 spiro atoms. The Hall–Kier alpha value is -0.570. The SMILES string of the molecule is CCC(C)CN(CC)C(=O)[C@@H]1CCCN1. The second-order valence-corrected chi connectivity index (χ2v) is 4.54. The van der Waals surface area contributed by atoms with Gasteiger partial charge in [-0.2, -0.15) is 0 Å². The normalized spacial score (nSPS) is 22.7. The average molecular weight is 212 g/mol. The summed E-state index contributed by atoms with van der Waals surface area (Å²) in [7, 11) is 0. The Balaban J connectivity index is 2.45. The quantitative estimate of drug-likeness (QED) is 0.751. The molecule has 3 heteroatoms. The molecule has 1 N–H and O–H groups in total. The minimum absolute atomic E-state index is 0.0917. The van der Waals surface area contributed by atoms with E-state index in [1.165, 1.54) is 0 Å². The van der Waals surface area contributed by atoms with Crippen molar-refractivity contribution in [3.05, 3.63) is 0 Å². The topological polar surface area (TPSA) is 32.3 Å². The average Bonchev–Trinajstić information content (AvgIpc) is 2.77. The van der Waals surface area contributed by atoms with Gasteiger partial charge in [0.05, 0.1) is 6.04 Å².